The molecule has 1 N–H and O–H groups in total. The van der Waals surface area contributed by atoms with Gasteiger partial charge in [0.1, 0.15) is 5.69 Å². The Morgan fingerprint density at radius 2 is 1.75 bits per heavy atom. The minimum atomic E-state index is -0.250. The molecule has 5 rings (SSSR count). The summed E-state index contributed by atoms with van der Waals surface area (Å²) < 4.78 is 1.84. The lowest BCUT2D eigenvalue weighted by molar-refractivity contribution is -0.122. The Hall–Kier alpha value is -4.29. The van der Waals surface area contributed by atoms with Gasteiger partial charge in [-0.05, 0) is 43.7 Å². The highest BCUT2D eigenvalue weighted by atomic mass is 16.3. The van der Waals surface area contributed by atoms with Gasteiger partial charge in [0.15, 0.2) is 5.82 Å². The van der Waals surface area contributed by atoms with E-state index >= 15 is 0 Å². The van der Waals surface area contributed by atoms with Crippen LogP contribution >= 0.6 is 0 Å². The molecule has 36 heavy (non-hydrogen) atoms. The number of anilines is 1. The van der Waals surface area contributed by atoms with Crippen LogP contribution in [-0.4, -0.2) is 62.6 Å². The van der Waals surface area contributed by atoms with E-state index in [1.165, 1.54) is 5.56 Å². The predicted octanol–water partition coefficient (Wildman–Crippen LogP) is 3.70. The zero-order chi connectivity index (χ0) is 25.5. The molecule has 0 saturated carbocycles. The van der Waals surface area contributed by atoms with Crippen LogP contribution in [0, 0.1) is 11.3 Å². The highest BCUT2D eigenvalue weighted by Gasteiger charge is 2.25. The molecule has 1 aliphatic heterocycles. The molecule has 0 spiro atoms. The molecule has 4 aromatic rings. The number of hydrogen-bond acceptors (Lipinski definition) is 7. The number of carbonyl (C=O) groups is 1. The maximum absolute atomic E-state index is 9.00. The molecule has 2 aromatic heterocycles. The van der Waals surface area contributed by atoms with Crippen molar-refractivity contribution in [3.63, 3.8) is 0 Å². The second-order valence-electron chi connectivity index (χ2n) is 8.81. The van der Waals surface area contributed by atoms with Crippen LogP contribution in [0.5, 0.6) is 0 Å². The second kappa shape index (κ2) is 11.4. The standard InChI is InChI=1S/C26H27N7.CH2O2/c1-31(18-20-9-7-19(17-27)8-10-20)21-12-15-33(16-13-21)26-23-6-4-3-5-22(23)25(29-30-26)24-11-14-28-32(24)2;2-1-3/h3-11,14,21H,12-13,15-16,18H2,1-2H3;1H,(H,2,3). The van der Waals surface area contributed by atoms with Gasteiger partial charge in [0.25, 0.3) is 6.47 Å². The van der Waals surface area contributed by atoms with E-state index in [-0.39, 0.29) is 6.47 Å². The van der Waals surface area contributed by atoms with Gasteiger partial charge in [-0.15, -0.1) is 10.2 Å². The highest BCUT2D eigenvalue weighted by Crippen LogP contribution is 2.32. The third kappa shape index (κ3) is 5.34. The normalized spacial score (nSPS) is 13.8. The fourth-order valence-electron chi connectivity index (χ4n) is 4.74. The molecular formula is C27H29N7O2. The SMILES string of the molecule is CN(Cc1ccc(C#N)cc1)C1CCN(c2nnc(-c3ccnn3C)c3ccccc23)CC1.O=CO. The number of rotatable bonds is 5. The van der Waals surface area contributed by atoms with E-state index < -0.39 is 0 Å². The fourth-order valence-corrected chi connectivity index (χ4v) is 4.74. The number of aromatic nitrogens is 4. The molecule has 0 amide bonds. The van der Waals surface area contributed by atoms with Crippen molar-refractivity contribution in [2.75, 3.05) is 25.0 Å². The summed E-state index contributed by atoms with van der Waals surface area (Å²) in [6, 6.07) is 21.0. The number of piperidine rings is 1. The van der Waals surface area contributed by atoms with Crippen molar-refractivity contribution in [3.8, 4) is 17.5 Å². The van der Waals surface area contributed by atoms with Gasteiger partial charge < -0.3 is 10.0 Å². The van der Waals surface area contributed by atoms with Gasteiger partial charge in [-0.3, -0.25) is 14.4 Å². The first kappa shape index (κ1) is 24.8. The van der Waals surface area contributed by atoms with Gasteiger partial charge >= 0.3 is 0 Å². The largest absolute Gasteiger partial charge is 0.483 e. The molecule has 3 heterocycles. The van der Waals surface area contributed by atoms with Crippen molar-refractivity contribution in [2.45, 2.75) is 25.4 Å². The number of hydrogen-bond donors (Lipinski definition) is 1. The molecule has 0 bridgehead atoms. The lowest BCUT2D eigenvalue weighted by Gasteiger charge is -2.37. The Morgan fingerprint density at radius 1 is 1.08 bits per heavy atom. The smallest absolute Gasteiger partial charge is 0.290 e. The van der Waals surface area contributed by atoms with Crippen molar-refractivity contribution >= 4 is 23.1 Å². The first-order valence-corrected chi connectivity index (χ1v) is 11.8. The summed E-state index contributed by atoms with van der Waals surface area (Å²) in [6.07, 6.45) is 3.94. The second-order valence-corrected chi connectivity index (χ2v) is 8.81. The maximum Gasteiger partial charge on any atom is 0.290 e. The lowest BCUT2D eigenvalue weighted by Crippen LogP contribution is -2.43. The molecule has 0 unspecified atom stereocenters. The van der Waals surface area contributed by atoms with Crippen LogP contribution in [0.3, 0.4) is 0 Å². The molecular weight excluding hydrogens is 454 g/mol. The maximum atomic E-state index is 9.00. The van der Waals surface area contributed by atoms with Crippen molar-refractivity contribution in [2.24, 2.45) is 7.05 Å². The Bertz CT molecular complexity index is 1350. The van der Waals surface area contributed by atoms with Crippen molar-refractivity contribution < 1.29 is 9.90 Å². The zero-order valence-corrected chi connectivity index (χ0v) is 20.4. The van der Waals surface area contributed by atoms with Gasteiger partial charge in [-0.2, -0.15) is 10.4 Å². The minimum absolute atomic E-state index is 0.250. The van der Waals surface area contributed by atoms with E-state index in [1.54, 1.807) is 6.20 Å². The Morgan fingerprint density at radius 3 is 2.36 bits per heavy atom. The van der Waals surface area contributed by atoms with E-state index in [0.717, 1.165) is 60.5 Å². The molecule has 0 aliphatic carbocycles. The monoisotopic (exact) mass is 483 g/mol. The van der Waals surface area contributed by atoms with Gasteiger partial charge in [0.05, 0.1) is 17.3 Å². The summed E-state index contributed by atoms with van der Waals surface area (Å²) >= 11 is 0. The van der Waals surface area contributed by atoms with Crippen molar-refractivity contribution in [1.29, 1.82) is 5.26 Å². The van der Waals surface area contributed by atoms with Crippen LogP contribution < -0.4 is 4.90 Å². The Kier molecular flexibility index (Phi) is 7.88. The van der Waals surface area contributed by atoms with E-state index in [0.29, 0.717) is 11.6 Å². The molecule has 9 nitrogen and oxygen atoms in total. The van der Waals surface area contributed by atoms with E-state index in [4.69, 9.17) is 15.2 Å². The number of nitriles is 1. The number of carboxylic acid groups (broad SMARTS) is 1. The predicted molar refractivity (Wildman–Crippen MR) is 138 cm³/mol. The topological polar surface area (TPSA) is 111 Å². The Balaban J connectivity index is 0.000000967. The molecule has 0 radical (unpaired) electrons. The van der Waals surface area contributed by atoms with Crippen LogP contribution in [0.15, 0.2) is 60.8 Å². The summed E-state index contributed by atoms with van der Waals surface area (Å²) in [5.41, 5.74) is 3.78. The third-order valence-electron chi connectivity index (χ3n) is 6.63. The van der Waals surface area contributed by atoms with Gasteiger partial charge in [0.2, 0.25) is 0 Å². The fraction of sp³-hybridized carbons (Fsp3) is 0.296. The number of aryl methyl sites for hydroxylation is 1. The summed E-state index contributed by atoms with van der Waals surface area (Å²) in [5.74, 6) is 0.963. The summed E-state index contributed by atoms with van der Waals surface area (Å²) in [7, 11) is 4.12. The average Bonchev–Trinajstić information content (AvgIpc) is 3.34. The minimum Gasteiger partial charge on any atom is -0.483 e. The third-order valence-corrected chi connectivity index (χ3v) is 6.63. The van der Waals surface area contributed by atoms with Crippen molar-refractivity contribution in [3.05, 3.63) is 71.9 Å². The van der Waals surface area contributed by atoms with Gasteiger partial charge in [0, 0.05) is 49.7 Å². The first-order chi connectivity index (χ1) is 17.5. The molecule has 1 saturated heterocycles. The van der Waals surface area contributed by atoms with Crippen LogP contribution in [0.4, 0.5) is 5.82 Å². The van der Waals surface area contributed by atoms with Crippen LogP contribution in [0.1, 0.15) is 24.0 Å². The van der Waals surface area contributed by atoms with Crippen molar-refractivity contribution in [1.82, 2.24) is 24.9 Å². The molecule has 184 valence electrons. The molecule has 1 fully saturated rings. The number of benzene rings is 2. The quantitative estimate of drug-likeness (QED) is 0.428. The number of fused-ring (bicyclic) bond motifs is 1. The van der Waals surface area contributed by atoms with E-state index in [9.17, 15) is 0 Å². The lowest BCUT2D eigenvalue weighted by atomic mass is 10.0. The summed E-state index contributed by atoms with van der Waals surface area (Å²) in [4.78, 5) is 13.2. The average molecular weight is 484 g/mol. The molecule has 9 heteroatoms. The summed E-state index contributed by atoms with van der Waals surface area (Å²) in [6.45, 7) is 2.54. The molecule has 2 aromatic carbocycles. The molecule has 1 aliphatic rings. The van der Waals surface area contributed by atoms with Crippen LogP contribution in [0.25, 0.3) is 22.2 Å². The van der Waals surface area contributed by atoms with Crippen LogP contribution in [0.2, 0.25) is 0 Å². The molecule has 0 atom stereocenters. The van der Waals surface area contributed by atoms with Crippen LogP contribution in [-0.2, 0) is 18.4 Å². The van der Waals surface area contributed by atoms with E-state index in [2.05, 4.69) is 74.6 Å². The Labute approximate surface area is 210 Å². The first-order valence-electron chi connectivity index (χ1n) is 11.8. The van der Waals surface area contributed by atoms with Gasteiger partial charge in [-0.25, -0.2) is 0 Å². The number of nitrogens with zero attached hydrogens (tertiary/aromatic N) is 7. The highest BCUT2D eigenvalue weighted by molar-refractivity contribution is 5.99. The summed E-state index contributed by atoms with van der Waals surface area (Å²) in [5, 5.41) is 31.7. The zero-order valence-electron chi connectivity index (χ0n) is 20.4. The van der Waals surface area contributed by atoms with E-state index in [1.807, 2.05) is 29.9 Å². The van der Waals surface area contributed by atoms with Gasteiger partial charge in [-0.1, -0.05) is 36.4 Å².